The van der Waals surface area contributed by atoms with Gasteiger partial charge in [0, 0.05) is 21.9 Å². The normalized spacial score (nSPS) is 11.4. The summed E-state index contributed by atoms with van der Waals surface area (Å²) in [6.45, 7) is 5.76. The molecule has 0 amide bonds. The number of halogens is 1. The van der Waals surface area contributed by atoms with Gasteiger partial charge in [0.2, 0.25) is 5.88 Å². The number of esters is 1. The molecular weight excluding hydrogens is 460 g/mol. The number of nitrogens with zero attached hydrogens (tertiary/aromatic N) is 2. The van der Waals surface area contributed by atoms with Crippen LogP contribution in [0.2, 0.25) is 5.02 Å². The Bertz CT molecular complexity index is 1470. The first kappa shape index (κ1) is 22.8. The number of benzene rings is 2. The Morgan fingerprint density at radius 3 is 2.52 bits per heavy atom. The molecule has 33 heavy (non-hydrogen) atoms. The van der Waals surface area contributed by atoms with Crippen molar-refractivity contribution in [1.82, 2.24) is 4.57 Å². The Morgan fingerprint density at radius 1 is 1.15 bits per heavy atom. The molecule has 0 fully saturated rings. The summed E-state index contributed by atoms with van der Waals surface area (Å²) < 4.78 is 6.37. The maximum absolute atomic E-state index is 13.2. The number of aliphatic imine (C=N–C) groups is 1. The summed E-state index contributed by atoms with van der Waals surface area (Å²) in [6, 6.07) is 13.7. The molecule has 1 N–H and O–H groups in total. The van der Waals surface area contributed by atoms with Crippen molar-refractivity contribution in [2.75, 3.05) is 6.61 Å². The lowest BCUT2D eigenvalue weighted by Gasteiger charge is -2.14. The number of aromatic hydroxyl groups is 1. The average Bonchev–Trinajstić information content (AvgIpc) is 3.08. The van der Waals surface area contributed by atoms with Crippen LogP contribution in [0.3, 0.4) is 0 Å². The van der Waals surface area contributed by atoms with Crippen molar-refractivity contribution in [3.05, 3.63) is 85.5 Å². The quantitative estimate of drug-likeness (QED) is 0.282. The van der Waals surface area contributed by atoms with Crippen LogP contribution >= 0.6 is 22.9 Å². The zero-order chi connectivity index (χ0) is 23.7. The van der Waals surface area contributed by atoms with Gasteiger partial charge in [-0.1, -0.05) is 41.9 Å². The van der Waals surface area contributed by atoms with Crippen LogP contribution in [0.1, 0.15) is 33.3 Å². The number of hydrogen-bond acceptors (Lipinski definition) is 6. The van der Waals surface area contributed by atoms with E-state index in [0.717, 1.165) is 10.4 Å². The highest BCUT2D eigenvalue weighted by atomic mass is 35.5. The monoisotopic (exact) mass is 480 g/mol. The number of thiophene rings is 1. The lowest BCUT2D eigenvalue weighted by atomic mass is 10.1. The van der Waals surface area contributed by atoms with Crippen LogP contribution < -0.4 is 5.56 Å². The van der Waals surface area contributed by atoms with Crippen molar-refractivity contribution in [2.45, 2.75) is 20.8 Å². The molecule has 2 aromatic heterocycles. The number of para-hydroxylation sites is 1. The van der Waals surface area contributed by atoms with E-state index in [2.05, 4.69) is 4.99 Å². The second-order valence-corrected chi connectivity index (χ2v) is 8.93. The van der Waals surface area contributed by atoms with E-state index in [9.17, 15) is 14.7 Å². The van der Waals surface area contributed by atoms with Crippen molar-refractivity contribution in [3.8, 4) is 11.6 Å². The van der Waals surface area contributed by atoms with Crippen molar-refractivity contribution >= 4 is 50.9 Å². The van der Waals surface area contributed by atoms with E-state index in [4.69, 9.17) is 16.3 Å². The Balaban J connectivity index is 1.96. The minimum atomic E-state index is -0.443. The molecule has 2 heterocycles. The third-order valence-electron chi connectivity index (χ3n) is 5.35. The minimum Gasteiger partial charge on any atom is -0.494 e. The van der Waals surface area contributed by atoms with E-state index in [1.54, 1.807) is 55.5 Å². The van der Waals surface area contributed by atoms with Crippen molar-refractivity contribution < 1.29 is 14.6 Å². The molecule has 0 atom stereocenters. The summed E-state index contributed by atoms with van der Waals surface area (Å²) in [5, 5.41) is 12.9. The molecule has 2 aromatic carbocycles. The molecule has 0 saturated heterocycles. The average molecular weight is 481 g/mol. The highest BCUT2D eigenvalue weighted by Crippen LogP contribution is 2.36. The molecule has 0 radical (unpaired) electrons. The fourth-order valence-corrected chi connectivity index (χ4v) is 4.82. The molecule has 0 bridgehead atoms. The van der Waals surface area contributed by atoms with Gasteiger partial charge < -0.3 is 9.84 Å². The number of carbonyl (C=O) groups excluding carboxylic acids is 1. The molecule has 6 nitrogen and oxygen atoms in total. The number of aryl methyl sites for hydroxylation is 1. The van der Waals surface area contributed by atoms with Crippen molar-refractivity contribution in [2.24, 2.45) is 4.99 Å². The van der Waals surface area contributed by atoms with Crippen LogP contribution in [0.5, 0.6) is 5.88 Å². The van der Waals surface area contributed by atoms with Gasteiger partial charge in [-0.3, -0.25) is 4.79 Å². The molecule has 0 aliphatic carbocycles. The van der Waals surface area contributed by atoms with Gasteiger partial charge >= 0.3 is 5.97 Å². The van der Waals surface area contributed by atoms with Crippen LogP contribution in [0.4, 0.5) is 5.00 Å². The zero-order valence-electron chi connectivity index (χ0n) is 18.3. The Morgan fingerprint density at radius 2 is 1.82 bits per heavy atom. The standard InChI is InChI=1S/C25H21ClN2O4S/c1-4-32-25(31)21-14(2)15(3)33-22(21)27-13-18-16-9-5-6-10-17(16)23(29)28(24(18)30)20-12-8-7-11-19(20)26/h5-13,30H,4H2,1-3H3/b27-13+. The summed E-state index contributed by atoms with van der Waals surface area (Å²) in [5.74, 6) is -0.736. The van der Waals surface area contributed by atoms with Crippen molar-refractivity contribution in [1.29, 1.82) is 0 Å². The largest absolute Gasteiger partial charge is 0.494 e. The lowest BCUT2D eigenvalue weighted by Crippen LogP contribution is -2.20. The van der Waals surface area contributed by atoms with Gasteiger partial charge in [0.25, 0.3) is 5.56 Å². The van der Waals surface area contributed by atoms with Gasteiger partial charge in [-0.15, -0.1) is 11.3 Å². The van der Waals surface area contributed by atoms with Crippen LogP contribution in [-0.2, 0) is 4.74 Å². The Labute approximate surface area is 199 Å². The van der Waals surface area contributed by atoms with E-state index >= 15 is 0 Å². The molecule has 4 aromatic rings. The lowest BCUT2D eigenvalue weighted by molar-refractivity contribution is 0.0527. The fourth-order valence-electron chi connectivity index (χ4n) is 3.61. The van der Waals surface area contributed by atoms with Gasteiger partial charge in [0.05, 0.1) is 28.4 Å². The first-order chi connectivity index (χ1) is 15.8. The highest BCUT2D eigenvalue weighted by molar-refractivity contribution is 7.16. The predicted octanol–water partition coefficient (Wildman–Crippen LogP) is 5.96. The van der Waals surface area contributed by atoms with Crippen LogP contribution in [0, 0.1) is 13.8 Å². The predicted molar refractivity (Wildman–Crippen MR) is 133 cm³/mol. The molecule has 0 spiro atoms. The molecule has 0 saturated carbocycles. The molecule has 0 aliphatic rings. The second kappa shape index (κ2) is 9.21. The van der Waals surface area contributed by atoms with Gasteiger partial charge in [-0.05, 0) is 44.5 Å². The first-order valence-electron chi connectivity index (χ1n) is 10.3. The molecule has 8 heteroatoms. The van der Waals surface area contributed by atoms with E-state index in [1.807, 2.05) is 13.8 Å². The van der Waals surface area contributed by atoms with Crippen LogP contribution in [0.25, 0.3) is 16.5 Å². The van der Waals surface area contributed by atoms with Crippen LogP contribution in [-0.4, -0.2) is 28.5 Å². The first-order valence-corrected chi connectivity index (χ1v) is 11.5. The summed E-state index contributed by atoms with van der Waals surface area (Å²) >= 11 is 7.69. The Kier molecular flexibility index (Phi) is 6.35. The Hall–Kier alpha value is -3.42. The van der Waals surface area contributed by atoms with Crippen LogP contribution in [0.15, 0.2) is 58.3 Å². The summed E-state index contributed by atoms with van der Waals surface area (Å²) in [6.07, 6.45) is 1.47. The molecule has 0 aliphatic heterocycles. The number of fused-ring (bicyclic) bond motifs is 1. The number of carbonyl (C=O) groups is 1. The van der Waals surface area contributed by atoms with Gasteiger partial charge in [-0.2, -0.15) is 0 Å². The maximum atomic E-state index is 13.2. The minimum absolute atomic E-state index is 0.255. The third kappa shape index (κ3) is 4.05. The van der Waals surface area contributed by atoms with Crippen molar-refractivity contribution in [3.63, 3.8) is 0 Å². The van der Waals surface area contributed by atoms with E-state index < -0.39 is 11.5 Å². The smallest absolute Gasteiger partial charge is 0.341 e. The van der Waals surface area contributed by atoms with Gasteiger partial charge in [-0.25, -0.2) is 14.4 Å². The zero-order valence-corrected chi connectivity index (χ0v) is 19.8. The van der Waals surface area contributed by atoms with Gasteiger partial charge in [0.1, 0.15) is 5.00 Å². The van der Waals surface area contributed by atoms with E-state index in [0.29, 0.717) is 37.6 Å². The number of aromatic nitrogens is 1. The topological polar surface area (TPSA) is 80.9 Å². The fraction of sp³-hybridized carbons (Fsp3) is 0.160. The van der Waals surface area contributed by atoms with E-state index in [1.165, 1.54) is 22.1 Å². The van der Waals surface area contributed by atoms with E-state index in [-0.39, 0.29) is 12.5 Å². The number of pyridine rings is 1. The SMILES string of the molecule is CCOC(=O)c1c(/N=C/c2c(O)n(-c3ccccc3Cl)c(=O)c3ccccc23)sc(C)c1C. The molecule has 4 rings (SSSR count). The molecule has 168 valence electrons. The molecular formula is C25H21ClN2O4S. The summed E-state index contributed by atoms with van der Waals surface area (Å²) in [5.41, 5.74) is 1.50. The number of hydrogen-bond donors (Lipinski definition) is 1. The summed E-state index contributed by atoms with van der Waals surface area (Å²) in [4.78, 5) is 31.2. The third-order valence-corrected chi connectivity index (χ3v) is 6.79. The number of rotatable bonds is 5. The number of ether oxygens (including phenoxy) is 1. The summed E-state index contributed by atoms with van der Waals surface area (Å²) in [7, 11) is 0. The second-order valence-electron chi connectivity index (χ2n) is 7.32. The maximum Gasteiger partial charge on any atom is 0.341 e. The highest BCUT2D eigenvalue weighted by Gasteiger charge is 2.21. The van der Waals surface area contributed by atoms with Gasteiger partial charge in [0.15, 0.2) is 0 Å². The molecule has 0 unspecified atom stereocenters.